The fraction of sp³-hybridized carbons (Fsp3) is 0.917. The molecular formula is C12H20N2O. The molecule has 3 nitrogen and oxygen atoms in total. The van der Waals surface area contributed by atoms with Crippen molar-refractivity contribution in [2.24, 2.45) is 16.8 Å². The average molecular weight is 208 g/mol. The zero-order chi connectivity index (χ0) is 10.9. The SMILES string of the molecule is CC1CC(N=C=O)(C2CCN(C)CC2)C1. The van der Waals surface area contributed by atoms with Gasteiger partial charge in [-0.3, -0.25) is 0 Å². The van der Waals surface area contributed by atoms with Crippen molar-refractivity contribution < 1.29 is 4.79 Å². The van der Waals surface area contributed by atoms with E-state index in [1.807, 2.05) is 0 Å². The monoisotopic (exact) mass is 208 g/mol. The summed E-state index contributed by atoms with van der Waals surface area (Å²) in [5.74, 6) is 1.35. The molecule has 0 amide bonds. The normalized spacial score (nSPS) is 38.1. The Hall–Kier alpha value is -0.660. The fourth-order valence-electron chi connectivity index (χ4n) is 3.30. The Morgan fingerprint density at radius 2 is 1.93 bits per heavy atom. The van der Waals surface area contributed by atoms with Gasteiger partial charge in [-0.15, -0.1) is 0 Å². The van der Waals surface area contributed by atoms with Gasteiger partial charge in [0, 0.05) is 0 Å². The van der Waals surface area contributed by atoms with Crippen LogP contribution >= 0.6 is 0 Å². The Labute approximate surface area is 91.6 Å². The second kappa shape index (κ2) is 4.07. The molecule has 1 saturated carbocycles. The Kier molecular flexibility index (Phi) is 2.94. The van der Waals surface area contributed by atoms with E-state index < -0.39 is 0 Å². The lowest BCUT2D eigenvalue weighted by atomic mass is 9.61. The van der Waals surface area contributed by atoms with Gasteiger partial charge in [0.15, 0.2) is 0 Å². The number of isocyanates is 1. The van der Waals surface area contributed by atoms with Gasteiger partial charge in [-0.05, 0) is 57.7 Å². The van der Waals surface area contributed by atoms with Crippen molar-refractivity contribution >= 4 is 6.08 Å². The third-order valence-electron chi connectivity index (χ3n) is 4.15. The minimum atomic E-state index is -0.0254. The van der Waals surface area contributed by atoms with Crippen LogP contribution in [0.2, 0.25) is 0 Å². The Balaban J connectivity index is 2.03. The van der Waals surface area contributed by atoms with Crippen LogP contribution in [-0.2, 0) is 4.79 Å². The largest absolute Gasteiger partial charge is 0.306 e. The molecule has 0 aromatic carbocycles. The summed E-state index contributed by atoms with van der Waals surface area (Å²) in [7, 11) is 2.16. The molecule has 0 unspecified atom stereocenters. The maximum Gasteiger partial charge on any atom is 0.235 e. The van der Waals surface area contributed by atoms with Gasteiger partial charge in [-0.1, -0.05) is 6.92 Å². The van der Waals surface area contributed by atoms with Crippen molar-refractivity contribution in [3.8, 4) is 0 Å². The second-order valence-electron chi connectivity index (χ2n) is 5.40. The van der Waals surface area contributed by atoms with Gasteiger partial charge in [0.05, 0.1) is 5.54 Å². The first kappa shape index (κ1) is 10.8. The first-order chi connectivity index (χ1) is 7.16. The first-order valence-electron chi connectivity index (χ1n) is 5.94. The maximum absolute atomic E-state index is 10.5. The van der Waals surface area contributed by atoms with Crippen LogP contribution in [0.3, 0.4) is 0 Å². The lowest BCUT2D eigenvalue weighted by Gasteiger charge is -2.49. The lowest BCUT2D eigenvalue weighted by molar-refractivity contribution is 0.0540. The number of hydrogen-bond acceptors (Lipinski definition) is 3. The van der Waals surface area contributed by atoms with Crippen molar-refractivity contribution in [1.82, 2.24) is 4.90 Å². The highest BCUT2D eigenvalue weighted by atomic mass is 16.1. The molecule has 0 bridgehead atoms. The summed E-state index contributed by atoms with van der Waals surface area (Å²) in [4.78, 5) is 17.0. The van der Waals surface area contributed by atoms with Crippen molar-refractivity contribution in [2.75, 3.05) is 20.1 Å². The highest BCUT2D eigenvalue weighted by Gasteiger charge is 2.48. The van der Waals surface area contributed by atoms with E-state index >= 15 is 0 Å². The number of nitrogens with zero attached hydrogens (tertiary/aromatic N) is 2. The molecule has 1 aliphatic heterocycles. The Morgan fingerprint density at radius 3 is 2.40 bits per heavy atom. The number of rotatable bonds is 2. The number of carbonyl (C=O) groups excluding carboxylic acids is 1. The molecule has 15 heavy (non-hydrogen) atoms. The lowest BCUT2D eigenvalue weighted by Crippen LogP contribution is -2.50. The van der Waals surface area contributed by atoms with E-state index in [2.05, 4.69) is 23.9 Å². The zero-order valence-electron chi connectivity index (χ0n) is 9.70. The maximum atomic E-state index is 10.5. The average Bonchev–Trinajstić information content (AvgIpc) is 2.16. The topological polar surface area (TPSA) is 32.7 Å². The van der Waals surface area contributed by atoms with Crippen LogP contribution in [0, 0.1) is 11.8 Å². The van der Waals surface area contributed by atoms with Crippen LogP contribution in [0.15, 0.2) is 4.99 Å². The summed E-state index contributed by atoms with van der Waals surface area (Å²) in [6, 6.07) is 0. The number of aliphatic imine (C=N–C) groups is 1. The third kappa shape index (κ3) is 1.99. The molecule has 0 N–H and O–H groups in total. The number of hydrogen-bond donors (Lipinski definition) is 0. The summed E-state index contributed by atoms with van der Waals surface area (Å²) >= 11 is 0. The predicted octanol–water partition coefficient (Wildman–Crippen LogP) is 1.83. The van der Waals surface area contributed by atoms with E-state index in [9.17, 15) is 4.79 Å². The summed E-state index contributed by atoms with van der Waals surface area (Å²) in [6.07, 6.45) is 6.37. The summed E-state index contributed by atoms with van der Waals surface area (Å²) in [6.45, 7) is 4.54. The van der Waals surface area contributed by atoms with Gasteiger partial charge >= 0.3 is 0 Å². The molecule has 2 fully saturated rings. The predicted molar refractivity (Wildman–Crippen MR) is 59.5 cm³/mol. The van der Waals surface area contributed by atoms with E-state index in [1.165, 1.54) is 12.8 Å². The van der Waals surface area contributed by atoms with E-state index in [0.29, 0.717) is 5.92 Å². The van der Waals surface area contributed by atoms with Gasteiger partial charge < -0.3 is 4.90 Å². The molecular weight excluding hydrogens is 188 g/mol. The fourth-order valence-corrected chi connectivity index (χ4v) is 3.30. The van der Waals surface area contributed by atoms with Crippen LogP contribution < -0.4 is 0 Å². The number of piperidine rings is 1. The third-order valence-corrected chi connectivity index (χ3v) is 4.15. The number of likely N-dealkylation sites (tertiary alicyclic amines) is 1. The smallest absolute Gasteiger partial charge is 0.235 e. The molecule has 0 aromatic rings. The molecule has 0 radical (unpaired) electrons. The molecule has 1 heterocycles. The van der Waals surface area contributed by atoms with Crippen molar-refractivity contribution in [3.05, 3.63) is 0 Å². The van der Waals surface area contributed by atoms with Crippen LogP contribution in [0.1, 0.15) is 32.6 Å². The highest BCUT2D eigenvalue weighted by Crippen LogP contribution is 2.48. The molecule has 2 rings (SSSR count). The molecule has 1 aliphatic carbocycles. The summed E-state index contributed by atoms with van der Waals surface area (Å²) in [5, 5.41) is 0. The van der Waals surface area contributed by atoms with Gasteiger partial charge in [-0.2, -0.15) is 4.99 Å². The van der Waals surface area contributed by atoms with Crippen LogP contribution in [0.5, 0.6) is 0 Å². The summed E-state index contributed by atoms with van der Waals surface area (Å²) < 4.78 is 0. The van der Waals surface area contributed by atoms with Gasteiger partial charge in [-0.25, -0.2) is 4.79 Å². The van der Waals surface area contributed by atoms with E-state index in [1.54, 1.807) is 6.08 Å². The molecule has 0 atom stereocenters. The Morgan fingerprint density at radius 1 is 1.33 bits per heavy atom. The molecule has 2 aliphatic rings. The second-order valence-corrected chi connectivity index (χ2v) is 5.40. The van der Waals surface area contributed by atoms with Crippen LogP contribution in [0.25, 0.3) is 0 Å². The highest BCUT2D eigenvalue weighted by molar-refractivity contribution is 5.36. The molecule has 0 spiro atoms. The first-order valence-corrected chi connectivity index (χ1v) is 5.94. The molecule has 3 heteroatoms. The molecule has 0 aromatic heterocycles. The van der Waals surface area contributed by atoms with Crippen molar-refractivity contribution in [2.45, 2.75) is 38.1 Å². The minimum absolute atomic E-state index is 0.0254. The summed E-state index contributed by atoms with van der Waals surface area (Å²) in [5.41, 5.74) is -0.0254. The van der Waals surface area contributed by atoms with E-state index in [4.69, 9.17) is 0 Å². The van der Waals surface area contributed by atoms with E-state index in [-0.39, 0.29) is 5.54 Å². The quantitative estimate of drug-likeness (QED) is 0.512. The van der Waals surface area contributed by atoms with Gasteiger partial charge in [0.2, 0.25) is 6.08 Å². The van der Waals surface area contributed by atoms with Crippen LogP contribution in [-0.4, -0.2) is 36.7 Å². The minimum Gasteiger partial charge on any atom is -0.306 e. The van der Waals surface area contributed by atoms with Crippen molar-refractivity contribution in [3.63, 3.8) is 0 Å². The zero-order valence-corrected chi connectivity index (χ0v) is 9.70. The Bertz CT molecular complexity index is 269. The van der Waals surface area contributed by atoms with Crippen molar-refractivity contribution in [1.29, 1.82) is 0 Å². The van der Waals surface area contributed by atoms with Gasteiger partial charge in [0.1, 0.15) is 0 Å². The molecule has 1 saturated heterocycles. The standard InChI is InChI=1S/C12H20N2O/c1-10-7-12(8-10,13-9-15)11-3-5-14(2)6-4-11/h10-11H,3-8H2,1-2H3. The van der Waals surface area contributed by atoms with Gasteiger partial charge in [0.25, 0.3) is 0 Å². The van der Waals surface area contributed by atoms with Crippen LogP contribution in [0.4, 0.5) is 0 Å². The van der Waals surface area contributed by atoms with E-state index in [0.717, 1.165) is 31.8 Å². The molecule has 84 valence electrons.